The Balaban J connectivity index is 2.30. The number of nitrogens with one attached hydrogen (secondary N) is 1. The summed E-state index contributed by atoms with van der Waals surface area (Å²) in [5.74, 6) is -0.102. The zero-order valence-electron chi connectivity index (χ0n) is 6.29. The van der Waals surface area contributed by atoms with Crippen molar-refractivity contribution in [1.82, 2.24) is 5.32 Å². The first-order valence-electron chi connectivity index (χ1n) is 3.80. The van der Waals surface area contributed by atoms with E-state index in [-0.39, 0.29) is 18.4 Å². The quantitative estimate of drug-likeness (QED) is 0.488. The van der Waals surface area contributed by atoms with Gasteiger partial charge in [0.05, 0.1) is 12.7 Å². The maximum Gasteiger partial charge on any atom is 0.223 e. The van der Waals surface area contributed by atoms with Crippen LogP contribution in [0.25, 0.3) is 0 Å². The number of hydrogen-bond acceptors (Lipinski definition) is 3. The molecular formula is C7H13NO3. The average Bonchev–Trinajstić information content (AvgIpc) is 2.37. The summed E-state index contributed by atoms with van der Waals surface area (Å²) in [6, 6.07) is 0. The fourth-order valence-corrected chi connectivity index (χ4v) is 1.27. The zero-order valence-corrected chi connectivity index (χ0v) is 6.29. The smallest absolute Gasteiger partial charge is 0.223 e. The summed E-state index contributed by atoms with van der Waals surface area (Å²) in [6.07, 6.45) is 0.405. The van der Waals surface area contributed by atoms with Crippen LogP contribution in [-0.2, 0) is 4.79 Å². The van der Waals surface area contributed by atoms with Crippen molar-refractivity contribution in [2.45, 2.75) is 18.9 Å². The first kappa shape index (κ1) is 8.49. The molecule has 1 aliphatic heterocycles. The third-order valence-electron chi connectivity index (χ3n) is 1.93. The fourth-order valence-electron chi connectivity index (χ4n) is 1.27. The first-order valence-corrected chi connectivity index (χ1v) is 3.80. The predicted molar refractivity (Wildman–Crippen MR) is 38.8 cm³/mol. The standard InChI is InChI=1S/C7H13NO3/c9-4-6(10)3-5-1-2-8-7(5)11/h5-6,9-10H,1-4H2,(H,8,11). The minimum absolute atomic E-state index is 0.00231. The normalized spacial score (nSPS) is 26.7. The lowest BCUT2D eigenvalue weighted by molar-refractivity contribution is -0.123. The minimum Gasteiger partial charge on any atom is -0.394 e. The summed E-state index contributed by atoms with van der Waals surface area (Å²) in [6.45, 7) is 0.436. The van der Waals surface area contributed by atoms with E-state index in [1.54, 1.807) is 0 Å². The van der Waals surface area contributed by atoms with Crippen LogP contribution in [0.3, 0.4) is 0 Å². The first-order chi connectivity index (χ1) is 5.24. The van der Waals surface area contributed by atoms with Gasteiger partial charge in [0.25, 0.3) is 0 Å². The van der Waals surface area contributed by atoms with Crippen molar-refractivity contribution in [3.8, 4) is 0 Å². The maximum absolute atomic E-state index is 10.9. The van der Waals surface area contributed by atoms with Gasteiger partial charge in [0.15, 0.2) is 0 Å². The Labute approximate surface area is 65.2 Å². The molecule has 1 fully saturated rings. The molecule has 1 heterocycles. The molecule has 4 nitrogen and oxygen atoms in total. The predicted octanol–water partition coefficient (Wildman–Crippen LogP) is -1.13. The summed E-state index contributed by atoms with van der Waals surface area (Å²) in [5.41, 5.74) is 0. The molecule has 0 bridgehead atoms. The minimum atomic E-state index is -0.746. The van der Waals surface area contributed by atoms with Gasteiger partial charge in [-0.25, -0.2) is 0 Å². The monoisotopic (exact) mass is 159 g/mol. The number of hydrogen-bond donors (Lipinski definition) is 3. The second-order valence-corrected chi connectivity index (χ2v) is 2.85. The molecule has 64 valence electrons. The third-order valence-corrected chi connectivity index (χ3v) is 1.93. The van der Waals surface area contributed by atoms with Crippen molar-refractivity contribution in [2.24, 2.45) is 5.92 Å². The van der Waals surface area contributed by atoms with Crippen molar-refractivity contribution >= 4 is 5.91 Å². The van der Waals surface area contributed by atoms with Gasteiger partial charge in [0.1, 0.15) is 0 Å². The Morgan fingerprint density at radius 3 is 2.91 bits per heavy atom. The van der Waals surface area contributed by atoms with Crippen LogP contribution >= 0.6 is 0 Å². The van der Waals surface area contributed by atoms with Gasteiger partial charge in [-0.2, -0.15) is 0 Å². The highest BCUT2D eigenvalue weighted by atomic mass is 16.3. The second kappa shape index (κ2) is 3.69. The number of amides is 1. The molecule has 0 radical (unpaired) electrons. The Morgan fingerprint density at radius 2 is 2.45 bits per heavy atom. The molecule has 0 aromatic carbocycles. The van der Waals surface area contributed by atoms with E-state index >= 15 is 0 Å². The summed E-state index contributed by atoms with van der Waals surface area (Å²) in [7, 11) is 0. The van der Waals surface area contributed by atoms with Gasteiger partial charge in [-0.1, -0.05) is 0 Å². The lowest BCUT2D eigenvalue weighted by atomic mass is 10.0. The maximum atomic E-state index is 10.9. The Kier molecular flexibility index (Phi) is 2.84. The topological polar surface area (TPSA) is 69.6 Å². The van der Waals surface area contributed by atoms with Gasteiger partial charge in [-0.3, -0.25) is 4.79 Å². The lowest BCUT2D eigenvalue weighted by Gasteiger charge is -2.10. The largest absolute Gasteiger partial charge is 0.394 e. The second-order valence-electron chi connectivity index (χ2n) is 2.85. The highest BCUT2D eigenvalue weighted by Gasteiger charge is 2.25. The molecule has 4 heteroatoms. The molecule has 11 heavy (non-hydrogen) atoms. The molecule has 0 aliphatic carbocycles. The van der Waals surface area contributed by atoms with Gasteiger partial charge in [-0.15, -0.1) is 0 Å². The van der Waals surface area contributed by atoms with E-state index in [2.05, 4.69) is 5.32 Å². The van der Waals surface area contributed by atoms with E-state index in [1.807, 2.05) is 0 Å². The molecule has 0 spiro atoms. The van der Waals surface area contributed by atoms with Crippen LogP contribution in [0.2, 0.25) is 0 Å². The van der Waals surface area contributed by atoms with Crippen molar-refractivity contribution in [1.29, 1.82) is 0 Å². The Bertz CT molecular complexity index is 149. The van der Waals surface area contributed by atoms with Crippen LogP contribution in [0.15, 0.2) is 0 Å². The lowest BCUT2D eigenvalue weighted by Crippen LogP contribution is -2.24. The molecule has 2 atom stereocenters. The van der Waals surface area contributed by atoms with Gasteiger partial charge in [-0.05, 0) is 12.8 Å². The Morgan fingerprint density at radius 1 is 1.73 bits per heavy atom. The van der Waals surface area contributed by atoms with Crippen molar-refractivity contribution in [3.63, 3.8) is 0 Å². The molecule has 0 aromatic rings. The number of carbonyl (C=O) groups is 1. The van der Waals surface area contributed by atoms with Crippen molar-refractivity contribution < 1.29 is 15.0 Å². The van der Waals surface area contributed by atoms with Gasteiger partial charge >= 0.3 is 0 Å². The summed E-state index contributed by atoms with van der Waals surface area (Å²) < 4.78 is 0. The number of rotatable bonds is 3. The summed E-state index contributed by atoms with van der Waals surface area (Å²) >= 11 is 0. The van der Waals surface area contributed by atoms with E-state index < -0.39 is 6.10 Å². The molecular weight excluding hydrogens is 146 g/mol. The highest BCUT2D eigenvalue weighted by Crippen LogP contribution is 2.15. The molecule has 1 amide bonds. The molecule has 0 saturated carbocycles. The van der Waals surface area contributed by atoms with Gasteiger partial charge < -0.3 is 15.5 Å². The Hall–Kier alpha value is -0.610. The third kappa shape index (κ3) is 2.17. The van der Waals surface area contributed by atoms with Gasteiger partial charge in [0.2, 0.25) is 5.91 Å². The van der Waals surface area contributed by atoms with E-state index in [1.165, 1.54) is 0 Å². The van der Waals surface area contributed by atoms with E-state index in [4.69, 9.17) is 10.2 Å². The van der Waals surface area contributed by atoms with E-state index in [0.29, 0.717) is 13.0 Å². The zero-order chi connectivity index (χ0) is 8.27. The fraction of sp³-hybridized carbons (Fsp3) is 0.857. The molecule has 1 aliphatic rings. The van der Waals surface area contributed by atoms with Crippen molar-refractivity contribution in [2.75, 3.05) is 13.2 Å². The van der Waals surface area contributed by atoms with Crippen LogP contribution in [0, 0.1) is 5.92 Å². The van der Waals surface area contributed by atoms with Crippen LogP contribution < -0.4 is 5.32 Å². The van der Waals surface area contributed by atoms with Crippen LogP contribution in [0.5, 0.6) is 0 Å². The van der Waals surface area contributed by atoms with Gasteiger partial charge in [0, 0.05) is 12.5 Å². The molecule has 1 rings (SSSR count). The molecule has 1 saturated heterocycles. The number of carbonyl (C=O) groups excluding carboxylic acids is 1. The van der Waals surface area contributed by atoms with E-state index in [9.17, 15) is 4.79 Å². The number of aliphatic hydroxyl groups excluding tert-OH is 2. The summed E-state index contributed by atoms with van der Waals surface area (Å²) in [5, 5.41) is 20.2. The summed E-state index contributed by atoms with van der Waals surface area (Å²) in [4.78, 5) is 10.9. The van der Waals surface area contributed by atoms with Crippen LogP contribution in [0.4, 0.5) is 0 Å². The molecule has 3 N–H and O–H groups in total. The SMILES string of the molecule is O=C1NCCC1CC(O)CO. The van der Waals surface area contributed by atoms with E-state index in [0.717, 1.165) is 6.42 Å². The molecule has 2 unspecified atom stereocenters. The van der Waals surface area contributed by atoms with Crippen LogP contribution in [-0.4, -0.2) is 35.4 Å². The van der Waals surface area contributed by atoms with Crippen molar-refractivity contribution in [3.05, 3.63) is 0 Å². The van der Waals surface area contributed by atoms with Crippen LogP contribution in [0.1, 0.15) is 12.8 Å². The highest BCUT2D eigenvalue weighted by molar-refractivity contribution is 5.80. The molecule has 0 aromatic heterocycles. The average molecular weight is 159 g/mol. The number of aliphatic hydroxyl groups is 2.